The molecule has 6 nitrogen and oxygen atoms in total. The van der Waals surface area contributed by atoms with Gasteiger partial charge in [-0.2, -0.15) is 0 Å². The van der Waals surface area contributed by atoms with Gasteiger partial charge in [-0.1, -0.05) is 36.4 Å². The van der Waals surface area contributed by atoms with E-state index in [1.807, 2.05) is 60.7 Å². The van der Waals surface area contributed by atoms with Crippen LogP contribution in [0.25, 0.3) is 0 Å². The summed E-state index contributed by atoms with van der Waals surface area (Å²) in [5, 5.41) is 5.10. The third-order valence-electron chi connectivity index (χ3n) is 3.32. The van der Waals surface area contributed by atoms with E-state index in [2.05, 4.69) is 10.6 Å². The standard InChI is InChI=1S/2C9H12N2O/c2*1-10-9(12)11(2)8-6-4-3-5-7-8/h2*3-7H,1-2H3,(H,10,12). The molecule has 0 aromatic heterocycles. The third kappa shape index (κ3) is 5.64. The number of para-hydroxylation sites is 2. The van der Waals surface area contributed by atoms with Crippen molar-refractivity contribution in [1.82, 2.24) is 10.6 Å². The second-order valence-corrected chi connectivity index (χ2v) is 4.90. The quantitative estimate of drug-likeness (QED) is 0.890. The maximum Gasteiger partial charge on any atom is 0.321 e. The van der Waals surface area contributed by atoms with Crippen LogP contribution in [0.2, 0.25) is 0 Å². The van der Waals surface area contributed by atoms with Gasteiger partial charge in [0.05, 0.1) is 0 Å². The summed E-state index contributed by atoms with van der Waals surface area (Å²) < 4.78 is 0. The first kappa shape index (κ1) is 19.0. The summed E-state index contributed by atoms with van der Waals surface area (Å²) in [6, 6.07) is 18.7. The summed E-state index contributed by atoms with van der Waals surface area (Å²) in [7, 11) is 6.69. The number of hydrogen-bond donors (Lipinski definition) is 2. The molecule has 6 heteroatoms. The fourth-order valence-corrected chi connectivity index (χ4v) is 1.87. The Bertz CT molecular complexity index is 574. The molecule has 0 atom stereocenters. The van der Waals surface area contributed by atoms with Crippen LogP contribution in [0.5, 0.6) is 0 Å². The molecule has 0 bridgehead atoms. The molecule has 0 saturated carbocycles. The number of nitrogens with one attached hydrogen (secondary N) is 2. The fraction of sp³-hybridized carbons (Fsp3) is 0.222. The van der Waals surface area contributed by atoms with Crippen molar-refractivity contribution in [2.45, 2.75) is 0 Å². The Balaban J connectivity index is 0.000000240. The highest BCUT2D eigenvalue weighted by molar-refractivity contribution is 5.91. The Hall–Kier alpha value is -3.02. The minimum absolute atomic E-state index is 0.110. The van der Waals surface area contributed by atoms with Crippen LogP contribution in [-0.2, 0) is 0 Å². The first-order valence-corrected chi connectivity index (χ1v) is 7.52. The van der Waals surface area contributed by atoms with Crippen LogP contribution in [-0.4, -0.2) is 40.3 Å². The van der Waals surface area contributed by atoms with Crippen molar-refractivity contribution in [2.75, 3.05) is 38.0 Å². The van der Waals surface area contributed by atoms with E-state index in [1.54, 1.807) is 38.0 Å². The molecule has 0 heterocycles. The predicted molar refractivity (Wildman–Crippen MR) is 98.6 cm³/mol. The maximum atomic E-state index is 11.1. The number of benzene rings is 2. The average Bonchev–Trinajstić information content (AvgIpc) is 2.67. The van der Waals surface area contributed by atoms with Crippen LogP contribution in [0.3, 0.4) is 0 Å². The zero-order chi connectivity index (χ0) is 17.9. The van der Waals surface area contributed by atoms with Crippen molar-refractivity contribution in [2.24, 2.45) is 0 Å². The second kappa shape index (κ2) is 9.89. The number of carbonyl (C=O) groups excluding carboxylic acids is 2. The van der Waals surface area contributed by atoms with Crippen molar-refractivity contribution in [3.8, 4) is 0 Å². The Morgan fingerprint density at radius 3 is 1.21 bits per heavy atom. The average molecular weight is 328 g/mol. The van der Waals surface area contributed by atoms with Crippen molar-refractivity contribution in [1.29, 1.82) is 0 Å². The number of carbonyl (C=O) groups is 2. The van der Waals surface area contributed by atoms with Gasteiger partial charge in [-0.15, -0.1) is 0 Å². The molecule has 0 unspecified atom stereocenters. The van der Waals surface area contributed by atoms with Crippen LogP contribution in [0, 0.1) is 0 Å². The second-order valence-electron chi connectivity index (χ2n) is 4.90. The molecule has 0 aliphatic rings. The molecular weight excluding hydrogens is 304 g/mol. The van der Waals surface area contributed by atoms with Gasteiger partial charge in [0.1, 0.15) is 0 Å². The Kier molecular flexibility index (Phi) is 7.84. The molecule has 0 saturated heterocycles. The monoisotopic (exact) mass is 328 g/mol. The zero-order valence-corrected chi connectivity index (χ0v) is 14.5. The number of nitrogens with zero attached hydrogens (tertiary/aromatic N) is 2. The fourth-order valence-electron chi connectivity index (χ4n) is 1.87. The number of amides is 4. The van der Waals surface area contributed by atoms with E-state index in [1.165, 1.54) is 0 Å². The molecule has 128 valence electrons. The SMILES string of the molecule is CNC(=O)N(C)c1ccccc1.CNC(=O)N(C)c1ccccc1. The minimum Gasteiger partial charge on any atom is -0.341 e. The third-order valence-corrected chi connectivity index (χ3v) is 3.32. The smallest absolute Gasteiger partial charge is 0.321 e. The van der Waals surface area contributed by atoms with Gasteiger partial charge in [-0.05, 0) is 24.3 Å². The largest absolute Gasteiger partial charge is 0.341 e. The Morgan fingerprint density at radius 2 is 0.958 bits per heavy atom. The van der Waals surface area contributed by atoms with Gasteiger partial charge in [0.2, 0.25) is 0 Å². The van der Waals surface area contributed by atoms with Crippen molar-refractivity contribution < 1.29 is 9.59 Å². The minimum atomic E-state index is -0.110. The molecule has 0 fully saturated rings. The molecule has 2 aromatic carbocycles. The highest BCUT2D eigenvalue weighted by atomic mass is 16.2. The van der Waals surface area contributed by atoms with Gasteiger partial charge in [-0.3, -0.25) is 9.80 Å². The molecule has 0 aliphatic heterocycles. The summed E-state index contributed by atoms with van der Waals surface area (Å²) in [5.74, 6) is 0. The van der Waals surface area contributed by atoms with E-state index in [0.29, 0.717) is 0 Å². The summed E-state index contributed by atoms with van der Waals surface area (Å²) in [5.41, 5.74) is 1.77. The Morgan fingerprint density at radius 1 is 0.667 bits per heavy atom. The van der Waals surface area contributed by atoms with Crippen LogP contribution in [0.15, 0.2) is 60.7 Å². The van der Waals surface area contributed by atoms with E-state index in [-0.39, 0.29) is 12.1 Å². The van der Waals surface area contributed by atoms with E-state index in [4.69, 9.17) is 0 Å². The van der Waals surface area contributed by atoms with Crippen molar-refractivity contribution in [3.63, 3.8) is 0 Å². The number of hydrogen-bond acceptors (Lipinski definition) is 2. The van der Waals surface area contributed by atoms with Crippen molar-refractivity contribution >= 4 is 23.4 Å². The normalized spacial score (nSPS) is 9.17. The Labute approximate surface area is 143 Å². The molecule has 24 heavy (non-hydrogen) atoms. The van der Waals surface area contributed by atoms with Gasteiger partial charge in [-0.25, -0.2) is 9.59 Å². The number of anilines is 2. The number of urea groups is 2. The first-order valence-electron chi connectivity index (χ1n) is 7.52. The topological polar surface area (TPSA) is 64.7 Å². The number of rotatable bonds is 2. The van der Waals surface area contributed by atoms with Crippen molar-refractivity contribution in [3.05, 3.63) is 60.7 Å². The molecule has 0 aliphatic carbocycles. The highest BCUT2D eigenvalue weighted by Crippen LogP contribution is 2.10. The van der Waals surface area contributed by atoms with Crippen LogP contribution in [0.4, 0.5) is 21.0 Å². The maximum absolute atomic E-state index is 11.1. The van der Waals surface area contributed by atoms with Gasteiger partial charge < -0.3 is 10.6 Å². The highest BCUT2D eigenvalue weighted by Gasteiger charge is 2.06. The van der Waals surface area contributed by atoms with Crippen LogP contribution in [0.1, 0.15) is 0 Å². The first-order chi connectivity index (χ1) is 11.5. The molecule has 2 N–H and O–H groups in total. The lowest BCUT2D eigenvalue weighted by molar-refractivity contribution is 0.248. The lowest BCUT2D eigenvalue weighted by atomic mass is 10.3. The lowest BCUT2D eigenvalue weighted by Gasteiger charge is -2.15. The summed E-state index contributed by atoms with van der Waals surface area (Å²) in [4.78, 5) is 25.4. The van der Waals surface area contributed by atoms with E-state index in [0.717, 1.165) is 11.4 Å². The zero-order valence-electron chi connectivity index (χ0n) is 14.5. The van der Waals surface area contributed by atoms with Gasteiger partial charge in [0.25, 0.3) is 0 Å². The molecule has 4 amide bonds. The van der Waals surface area contributed by atoms with E-state index >= 15 is 0 Å². The van der Waals surface area contributed by atoms with E-state index < -0.39 is 0 Å². The molecule has 2 rings (SSSR count). The summed E-state index contributed by atoms with van der Waals surface area (Å²) in [6.07, 6.45) is 0. The molecule has 2 aromatic rings. The summed E-state index contributed by atoms with van der Waals surface area (Å²) >= 11 is 0. The van der Waals surface area contributed by atoms with E-state index in [9.17, 15) is 9.59 Å². The summed E-state index contributed by atoms with van der Waals surface area (Å²) in [6.45, 7) is 0. The van der Waals surface area contributed by atoms with Gasteiger partial charge >= 0.3 is 12.1 Å². The molecule has 0 spiro atoms. The molecule has 0 radical (unpaired) electrons. The van der Waals surface area contributed by atoms with Gasteiger partial charge in [0.15, 0.2) is 0 Å². The lowest BCUT2D eigenvalue weighted by Crippen LogP contribution is -2.34. The van der Waals surface area contributed by atoms with Crippen LogP contribution < -0.4 is 20.4 Å². The van der Waals surface area contributed by atoms with Gasteiger partial charge in [0, 0.05) is 39.6 Å². The predicted octanol–water partition coefficient (Wildman–Crippen LogP) is 2.92. The molecular formula is C18H24N4O2. The van der Waals surface area contributed by atoms with Crippen LogP contribution >= 0.6 is 0 Å².